The monoisotopic (exact) mass is 411 g/mol. The number of nitrogens with one attached hydrogen (secondary N) is 1. The van der Waals surface area contributed by atoms with Gasteiger partial charge in [0, 0.05) is 37.3 Å². The smallest absolute Gasteiger partial charge is 0.131 e. The van der Waals surface area contributed by atoms with Crippen molar-refractivity contribution in [2.45, 2.75) is 0 Å². The van der Waals surface area contributed by atoms with E-state index < -0.39 is 11.6 Å². The molecule has 2 heterocycles. The number of hydrogen-bond acceptors (Lipinski definition) is 5. The van der Waals surface area contributed by atoms with Gasteiger partial charge in [-0.1, -0.05) is 12.1 Å². The Morgan fingerprint density at radius 3 is 2.63 bits per heavy atom. The summed E-state index contributed by atoms with van der Waals surface area (Å²) in [5.41, 5.74) is 1.91. The second-order valence-electron chi connectivity index (χ2n) is 7.18. The van der Waals surface area contributed by atoms with E-state index in [0.717, 1.165) is 45.0 Å². The van der Waals surface area contributed by atoms with E-state index in [1.807, 2.05) is 6.07 Å². The molecular formula is C23H23F2N3O2. The molecule has 0 atom stereocenters. The predicted octanol–water partition coefficient (Wildman–Crippen LogP) is 4.14. The van der Waals surface area contributed by atoms with E-state index in [4.69, 9.17) is 4.74 Å². The van der Waals surface area contributed by atoms with Crippen molar-refractivity contribution in [2.24, 2.45) is 0 Å². The third-order valence-corrected chi connectivity index (χ3v) is 5.04. The van der Waals surface area contributed by atoms with Gasteiger partial charge in [0.1, 0.15) is 23.2 Å². The van der Waals surface area contributed by atoms with Gasteiger partial charge >= 0.3 is 0 Å². The van der Waals surface area contributed by atoms with Crippen molar-refractivity contribution in [3.63, 3.8) is 0 Å². The minimum atomic E-state index is -0.510. The van der Waals surface area contributed by atoms with Gasteiger partial charge in [0.2, 0.25) is 0 Å². The van der Waals surface area contributed by atoms with Gasteiger partial charge in [0.15, 0.2) is 0 Å². The van der Waals surface area contributed by atoms with Crippen molar-refractivity contribution >= 4 is 5.82 Å². The van der Waals surface area contributed by atoms with Crippen LogP contribution in [0.25, 0.3) is 22.4 Å². The normalized spacial score (nSPS) is 14.6. The molecule has 1 aliphatic heterocycles. The highest BCUT2D eigenvalue weighted by Gasteiger charge is 2.13. The molecule has 0 bridgehead atoms. The fraction of sp³-hybridized carbons (Fsp3) is 0.261. The molecule has 2 aromatic carbocycles. The molecule has 0 aliphatic carbocycles. The van der Waals surface area contributed by atoms with E-state index in [9.17, 15) is 13.9 Å². The number of phenols is 1. The number of anilines is 1. The van der Waals surface area contributed by atoms with Crippen LogP contribution >= 0.6 is 0 Å². The molecule has 7 heteroatoms. The van der Waals surface area contributed by atoms with E-state index in [-0.39, 0.29) is 11.3 Å². The summed E-state index contributed by atoms with van der Waals surface area (Å²) >= 11 is 0. The summed E-state index contributed by atoms with van der Waals surface area (Å²) in [6.45, 7) is 4.71. The number of ether oxygens (including phenoxy) is 1. The second kappa shape index (κ2) is 9.19. The molecule has 0 saturated carbocycles. The average molecular weight is 411 g/mol. The number of benzene rings is 2. The lowest BCUT2D eigenvalue weighted by atomic mass is 10.0. The van der Waals surface area contributed by atoms with Gasteiger partial charge in [-0.3, -0.25) is 4.90 Å². The fourth-order valence-corrected chi connectivity index (χ4v) is 3.48. The number of rotatable bonds is 6. The first kappa shape index (κ1) is 20.3. The summed E-state index contributed by atoms with van der Waals surface area (Å²) in [4.78, 5) is 6.92. The number of pyridine rings is 1. The van der Waals surface area contributed by atoms with Gasteiger partial charge in [-0.15, -0.1) is 0 Å². The topological polar surface area (TPSA) is 57.6 Å². The maximum absolute atomic E-state index is 14.4. The molecule has 0 radical (unpaired) electrons. The van der Waals surface area contributed by atoms with Gasteiger partial charge in [-0.05, 0) is 48.0 Å². The van der Waals surface area contributed by atoms with E-state index in [0.29, 0.717) is 29.2 Å². The van der Waals surface area contributed by atoms with Gasteiger partial charge in [-0.25, -0.2) is 13.8 Å². The minimum absolute atomic E-state index is 0.110. The van der Waals surface area contributed by atoms with Crippen molar-refractivity contribution < 1.29 is 18.6 Å². The summed E-state index contributed by atoms with van der Waals surface area (Å²) in [5, 5.41) is 13.1. The number of hydrogen-bond donors (Lipinski definition) is 2. The SMILES string of the molecule is Oc1cccc(-c2cc(-c3cc(F)ccc3F)cc(NCCN3CCOCC3)n2)c1. The number of aromatic nitrogens is 1. The van der Waals surface area contributed by atoms with Crippen LogP contribution in [-0.2, 0) is 4.74 Å². The Bertz CT molecular complexity index is 1020. The van der Waals surface area contributed by atoms with Crippen LogP contribution < -0.4 is 5.32 Å². The number of aromatic hydroxyl groups is 1. The molecule has 0 spiro atoms. The molecule has 3 aromatic rings. The van der Waals surface area contributed by atoms with Crippen LogP contribution in [0.3, 0.4) is 0 Å². The standard InChI is InChI=1S/C23H23F2N3O2/c24-18-4-5-21(25)20(15-18)17-13-22(16-2-1-3-19(29)12-16)27-23(14-17)26-6-7-28-8-10-30-11-9-28/h1-5,12-15,29H,6-11H2,(H,26,27). The van der Waals surface area contributed by atoms with Crippen LogP contribution in [0.4, 0.5) is 14.6 Å². The molecule has 2 N–H and O–H groups in total. The largest absolute Gasteiger partial charge is 0.508 e. The molecule has 5 nitrogen and oxygen atoms in total. The van der Waals surface area contributed by atoms with Crippen molar-refractivity contribution in [3.05, 3.63) is 66.2 Å². The van der Waals surface area contributed by atoms with Crippen molar-refractivity contribution in [1.29, 1.82) is 0 Å². The Morgan fingerprint density at radius 1 is 1.00 bits per heavy atom. The number of nitrogens with zero attached hydrogens (tertiary/aromatic N) is 2. The van der Waals surface area contributed by atoms with Crippen molar-refractivity contribution in [2.75, 3.05) is 44.7 Å². The molecule has 4 rings (SSSR count). The first-order valence-electron chi connectivity index (χ1n) is 9.89. The average Bonchev–Trinajstić information content (AvgIpc) is 2.76. The van der Waals surface area contributed by atoms with Gasteiger partial charge < -0.3 is 15.2 Å². The van der Waals surface area contributed by atoms with E-state index in [2.05, 4.69) is 15.2 Å². The van der Waals surface area contributed by atoms with Gasteiger partial charge in [0.05, 0.1) is 18.9 Å². The molecule has 30 heavy (non-hydrogen) atoms. The van der Waals surface area contributed by atoms with Gasteiger partial charge in [-0.2, -0.15) is 0 Å². The Hall–Kier alpha value is -3.03. The Morgan fingerprint density at radius 2 is 1.83 bits per heavy atom. The highest BCUT2D eigenvalue weighted by Crippen LogP contribution is 2.31. The van der Waals surface area contributed by atoms with Crippen LogP contribution in [-0.4, -0.2) is 54.4 Å². The highest BCUT2D eigenvalue weighted by molar-refractivity contribution is 5.74. The predicted molar refractivity (Wildman–Crippen MR) is 112 cm³/mol. The zero-order chi connectivity index (χ0) is 20.9. The molecule has 0 amide bonds. The zero-order valence-electron chi connectivity index (χ0n) is 16.4. The van der Waals surface area contributed by atoms with Crippen LogP contribution in [0.2, 0.25) is 0 Å². The first-order valence-corrected chi connectivity index (χ1v) is 9.89. The zero-order valence-corrected chi connectivity index (χ0v) is 16.4. The molecule has 1 aliphatic rings. The van der Waals surface area contributed by atoms with E-state index in [1.54, 1.807) is 30.3 Å². The van der Waals surface area contributed by atoms with Gasteiger partial charge in [0.25, 0.3) is 0 Å². The lowest BCUT2D eigenvalue weighted by Crippen LogP contribution is -2.39. The highest BCUT2D eigenvalue weighted by atomic mass is 19.1. The molecule has 0 unspecified atom stereocenters. The Balaban J connectivity index is 1.64. The third-order valence-electron chi connectivity index (χ3n) is 5.04. The Kier molecular flexibility index (Phi) is 6.21. The molecular weight excluding hydrogens is 388 g/mol. The number of morpholine rings is 1. The number of halogens is 2. The summed E-state index contributed by atoms with van der Waals surface area (Å²) in [6, 6.07) is 13.5. The van der Waals surface area contributed by atoms with Crippen LogP contribution in [0, 0.1) is 11.6 Å². The lowest BCUT2D eigenvalue weighted by Gasteiger charge is -2.26. The molecule has 1 saturated heterocycles. The lowest BCUT2D eigenvalue weighted by molar-refractivity contribution is 0.0398. The number of phenolic OH excluding ortho intramolecular Hbond substituents is 1. The summed E-state index contributed by atoms with van der Waals surface area (Å²) in [6.07, 6.45) is 0. The summed E-state index contributed by atoms with van der Waals surface area (Å²) < 4.78 is 33.5. The third kappa shape index (κ3) is 4.93. The van der Waals surface area contributed by atoms with E-state index >= 15 is 0 Å². The van der Waals surface area contributed by atoms with Crippen molar-refractivity contribution in [3.8, 4) is 28.1 Å². The Labute approximate surface area is 173 Å². The molecule has 1 aromatic heterocycles. The first-order chi connectivity index (χ1) is 14.6. The quantitative estimate of drug-likeness (QED) is 0.638. The molecule has 1 fully saturated rings. The summed E-state index contributed by atoms with van der Waals surface area (Å²) in [5.74, 6) is -0.353. The van der Waals surface area contributed by atoms with Crippen LogP contribution in [0.5, 0.6) is 5.75 Å². The second-order valence-corrected chi connectivity index (χ2v) is 7.18. The van der Waals surface area contributed by atoms with Crippen LogP contribution in [0.1, 0.15) is 0 Å². The fourth-order valence-electron chi connectivity index (χ4n) is 3.48. The maximum Gasteiger partial charge on any atom is 0.131 e. The molecule has 156 valence electrons. The summed E-state index contributed by atoms with van der Waals surface area (Å²) in [7, 11) is 0. The van der Waals surface area contributed by atoms with E-state index in [1.165, 1.54) is 6.07 Å². The van der Waals surface area contributed by atoms with Crippen LogP contribution in [0.15, 0.2) is 54.6 Å². The maximum atomic E-state index is 14.4. The minimum Gasteiger partial charge on any atom is -0.508 e. The van der Waals surface area contributed by atoms with Crippen molar-refractivity contribution in [1.82, 2.24) is 9.88 Å².